The molecule has 1 rings (SSSR count). The highest BCUT2D eigenvalue weighted by atomic mass is 19.4. The second-order valence-corrected chi connectivity index (χ2v) is 1.96. The van der Waals surface area contributed by atoms with Gasteiger partial charge in [-0.25, -0.2) is 0 Å². The first-order valence-electron chi connectivity index (χ1n) is 2.90. The van der Waals surface area contributed by atoms with Crippen LogP contribution in [0.15, 0.2) is 23.0 Å². The minimum absolute atomic E-state index is 0.160. The molecule has 0 unspecified atom stereocenters. The molecular formula is C6H4F3NO2. The first-order valence-corrected chi connectivity index (χ1v) is 2.90. The third kappa shape index (κ3) is 2.30. The molecule has 0 saturated carbocycles. The Kier molecular flexibility index (Phi) is 2.07. The van der Waals surface area contributed by atoms with E-state index >= 15 is 0 Å². The summed E-state index contributed by atoms with van der Waals surface area (Å²) < 4.78 is 39.0. The average molecular weight is 179 g/mol. The smallest absolute Gasteiger partial charge is 0.472 e. The van der Waals surface area contributed by atoms with Crippen molar-refractivity contribution >= 4 is 5.91 Å². The van der Waals surface area contributed by atoms with Crippen LogP contribution < -0.4 is 5.32 Å². The predicted molar refractivity (Wildman–Crippen MR) is 32.2 cm³/mol. The second-order valence-electron chi connectivity index (χ2n) is 1.96. The van der Waals surface area contributed by atoms with Crippen molar-refractivity contribution in [2.45, 2.75) is 6.30 Å². The van der Waals surface area contributed by atoms with Crippen LogP contribution in [0.25, 0.3) is 0 Å². The van der Waals surface area contributed by atoms with E-state index in [1.54, 1.807) is 0 Å². The number of halogens is 3. The van der Waals surface area contributed by atoms with E-state index in [0.29, 0.717) is 0 Å². The van der Waals surface area contributed by atoms with Gasteiger partial charge in [-0.3, -0.25) is 10.1 Å². The maximum Gasteiger partial charge on any atom is 0.484 e. The number of alkyl halides is 3. The fourth-order valence-corrected chi connectivity index (χ4v) is 0.595. The zero-order valence-corrected chi connectivity index (χ0v) is 5.68. The molecule has 1 aromatic heterocycles. The third-order valence-electron chi connectivity index (χ3n) is 1.04. The van der Waals surface area contributed by atoms with Gasteiger partial charge in [0.2, 0.25) is 0 Å². The summed E-state index contributed by atoms with van der Waals surface area (Å²) in [7, 11) is 0. The van der Waals surface area contributed by atoms with E-state index < -0.39 is 12.2 Å². The van der Waals surface area contributed by atoms with Gasteiger partial charge in [0, 0.05) is 0 Å². The minimum atomic E-state index is -4.70. The van der Waals surface area contributed by atoms with Crippen molar-refractivity contribution in [2.75, 3.05) is 0 Å². The molecule has 1 N–H and O–H groups in total. The lowest BCUT2D eigenvalue weighted by molar-refractivity contribution is -0.146. The Balaban J connectivity index is 2.63. The minimum Gasteiger partial charge on any atom is -0.472 e. The lowest BCUT2D eigenvalue weighted by Crippen LogP contribution is -2.36. The van der Waals surface area contributed by atoms with Gasteiger partial charge in [-0.2, -0.15) is 13.2 Å². The van der Waals surface area contributed by atoms with Crippen molar-refractivity contribution in [3.05, 3.63) is 24.2 Å². The summed E-state index contributed by atoms with van der Waals surface area (Å²) in [5, 5.41) is 0.823. The predicted octanol–water partition coefficient (Wildman–Crippen LogP) is 1.53. The zero-order valence-electron chi connectivity index (χ0n) is 5.68. The standard InChI is InChI=1S/C6H4F3NO2/c7-6(8,9)10-5(11)4-1-2-12-3-4/h1-3H,(H,10,11). The molecule has 66 valence electrons. The van der Waals surface area contributed by atoms with Crippen LogP contribution in [0, 0.1) is 0 Å². The van der Waals surface area contributed by atoms with Gasteiger partial charge in [0.15, 0.2) is 0 Å². The monoisotopic (exact) mass is 179 g/mol. The summed E-state index contributed by atoms with van der Waals surface area (Å²) in [5.41, 5.74) is -0.160. The third-order valence-corrected chi connectivity index (χ3v) is 1.04. The number of hydrogen-bond acceptors (Lipinski definition) is 2. The Morgan fingerprint density at radius 3 is 2.58 bits per heavy atom. The molecule has 1 amide bonds. The van der Waals surface area contributed by atoms with Crippen molar-refractivity contribution < 1.29 is 22.4 Å². The second kappa shape index (κ2) is 2.88. The number of rotatable bonds is 1. The van der Waals surface area contributed by atoms with E-state index in [1.165, 1.54) is 0 Å². The normalized spacial score (nSPS) is 11.2. The van der Waals surface area contributed by atoms with Crippen molar-refractivity contribution in [1.82, 2.24) is 5.32 Å². The van der Waals surface area contributed by atoms with Gasteiger partial charge in [-0.05, 0) is 6.07 Å². The lowest BCUT2D eigenvalue weighted by Gasteiger charge is -2.05. The van der Waals surface area contributed by atoms with E-state index in [2.05, 4.69) is 4.42 Å². The SMILES string of the molecule is O=C(NC(F)(F)F)c1ccoc1. The molecule has 0 bridgehead atoms. The van der Waals surface area contributed by atoms with Crippen LogP contribution in [0.2, 0.25) is 0 Å². The van der Waals surface area contributed by atoms with Crippen LogP contribution in [0.5, 0.6) is 0 Å². The summed E-state index contributed by atoms with van der Waals surface area (Å²) in [6, 6.07) is 1.14. The molecular weight excluding hydrogens is 175 g/mol. The van der Waals surface area contributed by atoms with E-state index in [0.717, 1.165) is 23.9 Å². The molecule has 0 fully saturated rings. The van der Waals surface area contributed by atoms with Gasteiger partial charge in [0.05, 0.1) is 11.8 Å². The number of carbonyl (C=O) groups excluding carboxylic acids is 1. The first kappa shape index (κ1) is 8.63. The fourth-order valence-electron chi connectivity index (χ4n) is 0.595. The van der Waals surface area contributed by atoms with Gasteiger partial charge < -0.3 is 4.42 Å². The van der Waals surface area contributed by atoms with Crippen LogP contribution in [-0.2, 0) is 0 Å². The Morgan fingerprint density at radius 2 is 2.17 bits per heavy atom. The van der Waals surface area contributed by atoms with E-state index in [4.69, 9.17) is 0 Å². The molecule has 6 heteroatoms. The molecule has 0 aromatic carbocycles. The summed E-state index contributed by atoms with van der Waals surface area (Å²) in [5.74, 6) is -1.23. The highest BCUT2D eigenvalue weighted by molar-refractivity contribution is 5.93. The summed E-state index contributed by atoms with van der Waals surface area (Å²) in [4.78, 5) is 10.6. The number of nitrogens with one attached hydrogen (secondary N) is 1. The zero-order chi connectivity index (χ0) is 9.19. The van der Waals surface area contributed by atoms with E-state index in [9.17, 15) is 18.0 Å². The topological polar surface area (TPSA) is 42.2 Å². The van der Waals surface area contributed by atoms with Crippen LogP contribution in [-0.4, -0.2) is 12.2 Å². The maximum absolute atomic E-state index is 11.5. The number of carbonyl (C=O) groups is 1. The highest BCUT2D eigenvalue weighted by Gasteiger charge is 2.30. The highest BCUT2D eigenvalue weighted by Crippen LogP contribution is 2.11. The summed E-state index contributed by atoms with van der Waals surface area (Å²) in [6.45, 7) is 0. The molecule has 0 radical (unpaired) electrons. The average Bonchev–Trinajstić information content (AvgIpc) is 2.32. The Bertz CT molecular complexity index is 265. The molecule has 0 spiro atoms. The van der Waals surface area contributed by atoms with Crippen molar-refractivity contribution in [2.24, 2.45) is 0 Å². The number of furan rings is 1. The van der Waals surface area contributed by atoms with Gasteiger partial charge in [-0.15, -0.1) is 0 Å². The number of hydrogen-bond donors (Lipinski definition) is 1. The molecule has 12 heavy (non-hydrogen) atoms. The van der Waals surface area contributed by atoms with Crippen molar-refractivity contribution in [3.63, 3.8) is 0 Å². The Labute approximate surface area is 65.2 Å². The van der Waals surface area contributed by atoms with Crippen molar-refractivity contribution in [3.8, 4) is 0 Å². The summed E-state index contributed by atoms with van der Waals surface area (Å²) in [6.07, 6.45) is -2.65. The molecule has 0 aliphatic heterocycles. The number of amides is 1. The van der Waals surface area contributed by atoms with Gasteiger partial charge in [-0.1, -0.05) is 0 Å². The van der Waals surface area contributed by atoms with Crippen LogP contribution in [0.1, 0.15) is 10.4 Å². The molecule has 0 saturated heterocycles. The lowest BCUT2D eigenvalue weighted by atomic mass is 10.3. The summed E-state index contributed by atoms with van der Waals surface area (Å²) >= 11 is 0. The Hall–Kier alpha value is -1.46. The Morgan fingerprint density at radius 1 is 1.50 bits per heavy atom. The molecule has 1 aromatic rings. The van der Waals surface area contributed by atoms with E-state index in [1.807, 2.05) is 0 Å². The molecule has 0 aliphatic carbocycles. The molecule has 0 atom stereocenters. The van der Waals surface area contributed by atoms with Gasteiger partial charge in [0.1, 0.15) is 6.26 Å². The van der Waals surface area contributed by atoms with Crippen LogP contribution >= 0.6 is 0 Å². The molecule has 3 nitrogen and oxygen atoms in total. The molecule has 1 heterocycles. The van der Waals surface area contributed by atoms with E-state index in [-0.39, 0.29) is 5.56 Å². The first-order chi connectivity index (χ1) is 5.49. The van der Waals surface area contributed by atoms with Crippen molar-refractivity contribution in [1.29, 1.82) is 0 Å². The van der Waals surface area contributed by atoms with Gasteiger partial charge in [0.25, 0.3) is 5.91 Å². The fraction of sp³-hybridized carbons (Fsp3) is 0.167. The quantitative estimate of drug-likeness (QED) is 0.664. The van der Waals surface area contributed by atoms with Crippen LogP contribution in [0.4, 0.5) is 13.2 Å². The maximum atomic E-state index is 11.5. The van der Waals surface area contributed by atoms with Gasteiger partial charge >= 0.3 is 6.30 Å². The largest absolute Gasteiger partial charge is 0.484 e. The van der Waals surface area contributed by atoms with Crippen LogP contribution in [0.3, 0.4) is 0 Å². The molecule has 0 aliphatic rings.